The third-order valence-corrected chi connectivity index (χ3v) is 4.85. The predicted molar refractivity (Wildman–Crippen MR) is 89.7 cm³/mol. The molecule has 2 rings (SSSR count). The lowest BCUT2D eigenvalue weighted by atomic mass is 9.76. The molecule has 118 valence electrons. The monoisotopic (exact) mass is 289 g/mol. The van der Waals surface area contributed by atoms with Crippen LogP contribution in [0.5, 0.6) is 0 Å². The number of nitrogens with one attached hydrogen (secondary N) is 1. The molecule has 1 aromatic rings. The van der Waals surface area contributed by atoms with E-state index in [1.165, 1.54) is 11.1 Å². The molecule has 2 atom stereocenters. The number of aryl methyl sites for hydroxylation is 1. The van der Waals surface area contributed by atoms with Crippen LogP contribution in [-0.2, 0) is 17.6 Å². The summed E-state index contributed by atoms with van der Waals surface area (Å²) in [5, 5.41) is 3.66. The molecule has 0 saturated carbocycles. The van der Waals surface area contributed by atoms with E-state index >= 15 is 0 Å². The molecule has 1 aromatic carbocycles. The zero-order chi connectivity index (χ0) is 15.3. The van der Waals surface area contributed by atoms with Crippen molar-refractivity contribution in [1.29, 1.82) is 0 Å². The van der Waals surface area contributed by atoms with Gasteiger partial charge < -0.3 is 10.1 Å². The second-order valence-corrected chi connectivity index (χ2v) is 7.00. The Labute approximate surface area is 130 Å². The lowest BCUT2D eigenvalue weighted by molar-refractivity contribution is 0.0627. The van der Waals surface area contributed by atoms with E-state index in [0.29, 0.717) is 12.0 Å². The molecule has 2 nitrogen and oxygen atoms in total. The van der Waals surface area contributed by atoms with Crippen LogP contribution in [0.3, 0.4) is 0 Å². The lowest BCUT2D eigenvalue weighted by Gasteiger charge is -2.33. The van der Waals surface area contributed by atoms with Gasteiger partial charge in [0, 0.05) is 18.6 Å². The molecule has 0 spiro atoms. The normalized spacial score (nSPS) is 25.7. The summed E-state index contributed by atoms with van der Waals surface area (Å²) >= 11 is 0. The van der Waals surface area contributed by atoms with Crippen LogP contribution in [0, 0.1) is 11.3 Å². The van der Waals surface area contributed by atoms with Crippen LogP contribution < -0.4 is 5.32 Å². The zero-order valence-electron chi connectivity index (χ0n) is 14.1. The van der Waals surface area contributed by atoms with E-state index < -0.39 is 0 Å². The van der Waals surface area contributed by atoms with E-state index in [1.54, 1.807) is 0 Å². The first-order chi connectivity index (χ1) is 10.1. The van der Waals surface area contributed by atoms with Crippen LogP contribution in [0.15, 0.2) is 24.3 Å². The highest BCUT2D eigenvalue weighted by Gasteiger charge is 2.41. The van der Waals surface area contributed by atoms with Gasteiger partial charge in [-0.05, 0) is 49.8 Å². The lowest BCUT2D eigenvalue weighted by Crippen LogP contribution is -2.42. The summed E-state index contributed by atoms with van der Waals surface area (Å²) in [6.07, 6.45) is 3.72. The van der Waals surface area contributed by atoms with Crippen molar-refractivity contribution in [1.82, 2.24) is 5.32 Å². The second kappa shape index (κ2) is 7.42. The van der Waals surface area contributed by atoms with Gasteiger partial charge in [0.15, 0.2) is 0 Å². The number of hydrogen-bond acceptors (Lipinski definition) is 2. The largest absolute Gasteiger partial charge is 0.378 e. The highest BCUT2D eigenvalue weighted by atomic mass is 16.5. The molecule has 1 aliphatic rings. The molecular formula is C19H31NO. The first kappa shape index (κ1) is 16.5. The van der Waals surface area contributed by atoms with Gasteiger partial charge in [0.2, 0.25) is 0 Å². The highest BCUT2D eigenvalue weighted by Crippen LogP contribution is 2.37. The Bertz CT molecular complexity index is 426. The Morgan fingerprint density at radius 2 is 1.90 bits per heavy atom. The Morgan fingerprint density at radius 1 is 1.24 bits per heavy atom. The van der Waals surface area contributed by atoms with Crippen molar-refractivity contribution in [3.8, 4) is 0 Å². The van der Waals surface area contributed by atoms with Crippen LogP contribution in [0.2, 0.25) is 0 Å². The molecule has 0 radical (unpaired) electrons. The van der Waals surface area contributed by atoms with E-state index in [4.69, 9.17) is 4.74 Å². The minimum absolute atomic E-state index is 0.253. The van der Waals surface area contributed by atoms with Crippen LogP contribution >= 0.6 is 0 Å². The summed E-state index contributed by atoms with van der Waals surface area (Å²) in [5.41, 5.74) is 3.11. The maximum Gasteiger partial charge on any atom is 0.0619 e. The third kappa shape index (κ3) is 4.31. The van der Waals surface area contributed by atoms with Gasteiger partial charge in [-0.2, -0.15) is 0 Å². The average Bonchev–Trinajstić information content (AvgIpc) is 2.81. The van der Waals surface area contributed by atoms with Gasteiger partial charge in [-0.3, -0.25) is 0 Å². The molecule has 0 aliphatic carbocycles. The molecule has 1 fully saturated rings. The highest BCUT2D eigenvalue weighted by molar-refractivity contribution is 5.24. The Morgan fingerprint density at radius 3 is 2.43 bits per heavy atom. The van der Waals surface area contributed by atoms with Crippen LogP contribution in [0.25, 0.3) is 0 Å². The van der Waals surface area contributed by atoms with Crippen molar-refractivity contribution >= 4 is 0 Å². The summed E-state index contributed by atoms with van der Waals surface area (Å²) in [6, 6.07) is 9.14. The number of ether oxygens (including phenoxy) is 1. The van der Waals surface area contributed by atoms with E-state index in [1.807, 2.05) is 0 Å². The number of rotatable bonds is 7. The predicted octanol–water partition coefficient (Wildman–Crippen LogP) is 3.83. The summed E-state index contributed by atoms with van der Waals surface area (Å²) in [4.78, 5) is 0. The van der Waals surface area contributed by atoms with E-state index in [-0.39, 0.29) is 5.41 Å². The summed E-state index contributed by atoms with van der Waals surface area (Å²) in [5.74, 6) is 0.698. The topological polar surface area (TPSA) is 21.3 Å². The van der Waals surface area contributed by atoms with Gasteiger partial charge in [0.05, 0.1) is 6.10 Å². The van der Waals surface area contributed by atoms with E-state index in [0.717, 1.165) is 39.0 Å². The van der Waals surface area contributed by atoms with Crippen LogP contribution in [-0.4, -0.2) is 25.8 Å². The van der Waals surface area contributed by atoms with Gasteiger partial charge in [0.1, 0.15) is 0 Å². The second-order valence-electron chi connectivity index (χ2n) is 7.00. The molecule has 1 heterocycles. The van der Waals surface area contributed by atoms with Crippen LogP contribution in [0.4, 0.5) is 0 Å². The average molecular weight is 289 g/mol. The van der Waals surface area contributed by atoms with Gasteiger partial charge in [-0.25, -0.2) is 0 Å². The molecular weight excluding hydrogens is 258 g/mol. The van der Waals surface area contributed by atoms with Crippen molar-refractivity contribution in [3.63, 3.8) is 0 Å². The molecule has 2 heteroatoms. The molecule has 0 aromatic heterocycles. The first-order valence-corrected chi connectivity index (χ1v) is 8.46. The maximum absolute atomic E-state index is 5.90. The molecule has 0 amide bonds. The van der Waals surface area contributed by atoms with Gasteiger partial charge >= 0.3 is 0 Å². The minimum Gasteiger partial charge on any atom is -0.378 e. The first-order valence-electron chi connectivity index (χ1n) is 8.46. The van der Waals surface area contributed by atoms with Crippen LogP contribution in [0.1, 0.15) is 45.2 Å². The van der Waals surface area contributed by atoms with Crippen molar-refractivity contribution in [2.24, 2.45) is 11.3 Å². The Hall–Kier alpha value is -0.860. The standard InChI is InChI=1S/C19H31NO/c1-5-17-6-8-18(9-7-17)12-19(10-11-21-16(19)4)14-20-13-15(2)3/h6-9,15-16,20H,5,10-14H2,1-4H3. The van der Waals surface area contributed by atoms with Crippen molar-refractivity contribution in [2.45, 2.75) is 53.1 Å². The molecule has 21 heavy (non-hydrogen) atoms. The zero-order valence-corrected chi connectivity index (χ0v) is 14.1. The summed E-state index contributed by atoms with van der Waals surface area (Å²) < 4.78 is 5.90. The molecule has 1 aliphatic heterocycles. The molecule has 2 unspecified atom stereocenters. The van der Waals surface area contributed by atoms with E-state index in [2.05, 4.69) is 57.3 Å². The van der Waals surface area contributed by atoms with E-state index in [9.17, 15) is 0 Å². The van der Waals surface area contributed by atoms with Gasteiger partial charge in [-0.15, -0.1) is 0 Å². The summed E-state index contributed by atoms with van der Waals surface area (Å²) in [6.45, 7) is 12.0. The Balaban J connectivity index is 2.04. The molecule has 1 saturated heterocycles. The number of benzene rings is 1. The number of hydrogen-bond donors (Lipinski definition) is 1. The van der Waals surface area contributed by atoms with Crippen molar-refractivity contribution in [2.75, 3.05) is 19.7 Å². The third-order valence-electron chi connectivity index (χ3n) is 4.85. The fourth-order valence-corrected chi connectivity index (χ4v) is 3.25. The Kier molecular flexibility index (Phi) is 5.83. The quantitative estimate of drug-likeness (QED) is 0.823. The SMILES string of the molecule is CCc1ccc(CC2(CNCC(C)C)CCOC2C)cc1. The smallest absolute Gasteiger partial charge is 0.0619 e. The van der Waals surface area contributed by atoms with Crippen molar-refractivity contribution in [3.05, 3.63) is 35.4 Å². The van der Waals surface area contributed by atoms with Crippen molar-refractivity contribution < 1.29 is 4.74 Å². The maximum atomic E-state index is 5.90. The van der Waals surface area contributed by atoms with Gasteiger partial charge in [0.25, 0.3) is 0 Å². The van der Waals surface area contributed by atoms with Gasteiger partial charge in [-0.1, -0.05) is 45.0 Å². The fourth-order valence-electron chi connectivity index (χ4n) is 3.25. The molecule has 1 N–H and O–H groups in total. The molecule has 0 bridgehead atoms. The fraction of sp³-hybridized carbons (Fsp3) is 0.684. The minimum atomic E-state index is 0.253. The summed E-state index contributed by atoms with van der Waals surface area (Å²) in [7, 11) is 0.